The molecule has 0 unspecified atom stereocenters. The third-order valence-electron chi connectivity index (χ3n) is 2.83. The lowest BCUT2D eigenvalue weighted by Crippen LogP contribution is -1.99. The summed E-state index contributed by atoms with van der Waals surface area (Å²) in [5.74, 6) is 0.895. The molecule has 0 fully saturated rings. The maximum absolute atomic E-state index is 5.76. The second kappa shape index (κ2) is 6.06. The van der Waals surface area contributed by atoms with Crippen LogP contribution in [0.15, 0.2) is 66.8 Å². The first-order valence-corrected chi connectivity index (χ1v) is 6.17. The number of hydrogen-bond acceptors (Lipinski definition) is 1. The van der Waals surface area contributed by atoms with E-state index in [-0.39, 0.29) is 0 Å². The second-order valence-electron chi connectivity index (χ2n) is 4.40. The molecule has 0 amide bonds. The Hall–Kier alpha value is -2.02. The molecule has 0 N–H and O–H groups in total. The Balaban J connectivity index is 1.94. The summed E-state index contributed by atoms with van der Waals surface area (Å²) in [6, 6.07) is 8.06. The molecule has 1 nitrogen and oxygen atoms in total. The van der Waals surface area contributed by atoms with Crippen LogP contribution in [-0.2, 0) is 0 Å². The van der Waals surface area contributed by atoms with E-state index in [2.05, 4.69) is 30.9 Å². The summed E-state index contributed by atoms with van der Waals surface area (Å²) >= 11 is 0. The number of rotatable bonds is 4. The largest absolute Gasteiger partial charge is 0.489 e. The molecule has 0 heterocycles. The summed E-state index contributed by atoms with van der Waals surface area (Å²) in [6.45, 7) is 6.54. The van der Waals surface area contributed by atoms with Gasteiger partial charge in [-0.3, -0.25) is 0 Å². The highest BCUT2D eigenvalue weighted by Crippen LogP contribution is 2.18. The third-order valence-corrected chi connectivity index (χ3v) is 2.83. The highest BCUT2D eigenvalue weighted by molar-refractivity contribution is 5.61. The third kappa shape index (κ3) is 3.49. The normalized spacial score (nSPS) is 13.9. The Morgan fingerprint density at radius 2 is 2.00 bits per heavy atom. The van der Waals surface area contributed by atoms with Gasteiger partial charge < -0.3 is 4.74 Å². The van der Waals surface area contributed by atoms with E-state index in [9.17, 15) is 0 Å². The molecule has 1 aromatic rings. The van der Waals surface area contributed by atoms with Gasteiger partial charge in [0, 0.05) is 0 Å². The van der Waals surface area contributed by atoms with E-state index in [0.717, 1.165) is 23.3 Å². The Morgan fingerprint density at radius 1 is 1.22 bits per heavy atom. The fraction of sp³-hybridized carbons (Fsp3) is 0.176. The van der Waals surface area contributed by atoms with Gasteiger partial charge in [0.25, 0.3) is 0 Å². The van der Waals surface area contributed by atoms with Crippen LogP contribution in [0.5, 0.6) is 5.75 Å². The molecule has 0 saturated heterocycles. The lowest BCUT2D eigenvalue weighted by Gasteiger charge is -2.07. The fourth-order valence-corrected chi connectivity index (χ4v) is 1.73. The highest BCUT2D eigenvalue weighted by Gasteiger charge is 1.98. The first kappa shape index (κ1) is 12.4. The van der Waals surface area contributed by atoms with Gasteiger partial charge in [0.15, 0.2) is 0 Å². The molecule has 0 aromatic heterocycles. The Labute approximate surface area is 109 Å². The van der Waals surface area contributed by atoms with Crippen molar-refractivity contribution in [1.29, 1.82) is 0 Å². The molecule has 1 aliphatic rings. The van der Waals surface area contributed by atoms with E-state index in [1.807, 2.05) is 37.3 Å². The summed E-state index contributed by atoms with van der Waals surface area (Å²) in [6.07, 6.45) is 11.5. The Kier molecular flexibility index (Phi) is 4.19. The average molecular weight is 238 g/mol. The molecule has 0 aliphatic heterocycles. The maximum Gasteiger partial charge on any atom is 0.119 e. The molecule has 2 rings (SSSR count). The van der Waals surface area contributed by atoms with Gasteiger partial charge in [-0.15, -0.1) is 0 Å². The fourth-order valence-electron chi connectivity index (χ4n) is 1.73. The molecule has 0 radical (unpaired) electrons. The average Bonchev–Trinajstić information content (AvgIpc) is 2.65. The number of ether oxygens (including phenoxy) is 1. The van der Waals surface area contributed by atoms with E-state index in [4.69, 9.17) is 4.74 Å². The SMILES string of the molecule is C=C(C)c1ccc(OCC2=CCC=CC=C2)cc1. The van der Waals surface area contributed by atoms with Crippen LogP contribution in [0.4, 0.5) is 0 Å². The van der Waals surface area contributed by atoms with Crippen molar-refractivity contribution in [3.8, 4) is 5.75 Å². The minimum atomic E-state index is 0.616. The van der Waals surface area contributed by atoms with Crippen molar-refractivity contribution in [1.82, 2.24) is 0 Å². The lowest BCUT2D eigenvalue weighted by atomic mass is 10.1. The number of allylic oxidation sites excluding steroid dienone is 5. The van der Waals surface area contributed by atoms with Crippen LogP contribution >= 0.6 is 0 Å². The van der Waals surface area contributed by atoms with Gasteiger partial charge in [-0.2, -0.15) is 0 Å². The number of hydrogen-bond donors (Lipinski definition) is 0. The van der Waals surface area contributed by atoms with E-state index in [0.29, 0.717) is 6.61 Å². The molecule has 0 spiro atoms. The summed E-state index contributed by atoms with van der Waals surface area (Å²) in [5.41, 5.74) is 3.44. The van der Waals surface area contributed by atoms with E-state index >= 15 is 0 Å². The summed E-state index contributed by atoms with van der Waals surface area (Å²) in [7, 11) is 0. The first-order chi connectivity index (χ1) is 8.75. The van der Waals surface area contributed by atoms with Crippen molar-refractivity contribution in [2.75, 3.05) is 6.61 Å². The van der Waals surface area contributed by atoms with Crippen LogP contribution in [0.25, 0.3) is 5.57 Å². The second-order valence-corrected chi connectivity index (χ2v) is 4.40. The van der Waals surface area contributed by atoms with Gasteiger partial charge in [-0.05, 0) is 36.6 Å². The lowest BCUT2D eigenvalue weighted by molar-refractivity contribution is 0.355. The zero-order chi connectivity index (χ0) is 12.8. The summed E-state index contributed by atoms with van der Waals surface area (Å²) < 4.78 is 5.76. The summed E-state index contributed by atoms with van der Waals surface area (Å²) in [5, 5.41) is 0. The molecule has 0 bridgehead atoms. The van der Waals surface area contributed by atoms with Gasteiger partial charge in [0.1, 0.15) is 12.4 Å². The van der Waals surface area contributed by atoms with Gasteiger partial charge in [0.05, 0.1) is 0 Å². The minimum Gasteiger partial charge on any atom is -0.489 e. The first-order valence-electron chi connectivity index (χ1n) is 6.17. The van der Waals surface area contributed by atoms with Crippen molar-refractivity contribution < 1.29 is 4.74 Å². The van der Waals surface area contributed by atoms with Crippen LogP contribution in [0.2, 0.25) is 0 Å². The molecular weight excluding hydrogens is 220 g/mol. The maximum atomic E-state index is 5.76. The van der Waals surface area contributed by atoms with Gasteiger partial charge >= 0.3 is 0 Å². The molecule has 1 aromatic carbocycles. The van der Waals surface area contributed by atoms with Crippen molar-refractivity contribution >= 4 is 5.57 Å². The molecule has 18 heavy (non-hydrogen) atoms. The molecule has 0 atom stereocenters. The topological polar surface area (TPSA) is 9.23 Å². The molecule has 92 valence electrons. The van der Waals surface area contributed by atoms with Crippen LogP contribution in [-0.4, -0.2) is 6.61 Å². The Bertz CT molecular complexity index is 501. The molecule has 0 saturated carbocycles. The predicted molar refractivity (Wildman–Crippen MR) is 77.6 cm³/mol. The molecule has 1 aliphatic carbocycles. The van der Waals surface area contributed by atoms with Gasteiger partial charge in [-0.1, -0.05) is 54.7 Å². The van der Waals surface area contributed by atoms with Gasteiger partial charge in [-0.25, -0.2) is 0 Å². The van der Waals surface area contributed by atoms with Crippen molar-refractivity contribution in [2.24, 2.45) is 0 Å². The van der Waals surface area contributed by atoms with Crippen molar-refractivity contribution in [2.45, 2.75) is 13.3 Å². The zero-order valence-corrected chi connectivity index (χ0v) is 10.7. The zero-order valence-electron chi connectivity index (χ0n) is 10.7. The quantitative estimate of drug-likeness (QED) is 0.748. The van der Waals surface area contributed by atoms with Crippen molar-refractivity contribution in [3.63, 3.8) is 0 Å². The van der Waals surface area contributed by atoms with Crippen LogP contribution in [0.3, 0.4) is 0 Å². The van der Waals surface area contributed by atoms with Gasteiger partial charge in [0.2, 0.25) is 0 Å². The van der Waals surface area contributed by atoms with Crippen LogP contribution in [0.1, 0.15) is 18.9 Å². The van der Waals surface area contributed by atoms with Crippen LogP contribution in [0, 0.1) is 0 Å². The predicted octanol–water partition coefficient (Wildman–Crippen LogP) is 4.54. The highest BCUT2D eigenvalue weighted by atomic mass is 16.5. The van der Waals surface area contributed by atoms with E-state index in [1.165, 1.54) is 5.57 Å². The van der Waals surface area contributed by atoms with Crippen molar-refractivity contribution in [3.05, 3.63) is 72.4 Å². The molecular formula is C17H18O. The van der Waals surface area contributed by atoms with E-state index < -0.39 is 0 Å². The van der Waals surface area contributed by atoms with Crippen LogP contribution < -0.4 is 4.74 Å². The standard InChI is InChI=1S/C17H18O/c1-14(2)16-9-11-17(12-10-16)18-13-15-7-5-3-4-6-8-15/h3-5,7-12H,1,6,13H2,2H3. The molecule has 1 heteroatoms. The smallest absolute Gasteiger partial charge is 0.119 e. The summed E-state index contributed by atoms with van der Waals surface area (Å²) in [4.78, 5) is 0. The Morgan fingerprint density at radius 3 is 2.72 bits per heavy atom. The number of benzene rings is 1. The minimum absolute atomic E-state index is 0.616. The van der Waals surface area contributed by atoms with E-state index in [1.54, 1.807) is 0 Å². The monoisotopic (exact) mass is 238 g/mol.